The first-order chi connectivity index (χ1) is 17.8. The molecule has 37 heavy (non-hydrogen) atoms. The fourth-order valence-electron chi connectivity index (χ4n) is 3.74. The Morgan fingerprint density at radius 3 is 2.35 bits per heavy atom. The Balaban J connectivity index is 0.000000414. The second-order valence-electron chi connectivity index (χ2n) is 8.33. The number of hydrogen-bond donors (Lipinski definition) is 2. The summed E-state index contributed by atoms with van der Waals surface area (Å²) in [6.45, 7) is 7.16. The van der Waals surface area contributed by atoms with Crippen LogP contribution in [0.4, 0.5) is 0 Å². The number of benzene rings is 1. The van der Waals surface area contributed by atoms with Crippen LogP contribution in [-0.4, -0.2) is 43.1 Å². The van der Waals surface area contributed by atoms with E-state index < -0.39 is 11.9 Å². The van der Waals surface area contributed by atoms with Crippen molar-refractivity contribution in [3.63, 3.8) is 0 Å². The van der Waals surface area contributed by atoms with E-state index in [0.717, 1.165) is 47.2 Å². The molecular formula is C28H31N3O5S. The van der Waals surface area contributed by atoms with Gasteiger partial charge in [0.1, 0.15) is 0 Å². The minimum Gasteiger partial charge on any atom is -0.490 e. The number of carbonyl (C=O) groups is 2. The van der Waals surface area contributed by atoms with Crippen LogP contribution < -0.4 is 4.74 Å². The molecule has 194 valence electrons. The van der Waals surface area contributed by atoms with Crippen LogP contribution >= 0.6 is 11.3 Å². The number of ether oxygens (including phenoxy) is 1. The van der Waals surface area contributed by atoms with Crippen molar-refractivity contribution in [3.05, 3.63) is 82.1 Å². The molecule has 0 atom stereocenters. The maximum atomic E-state index is 9.55. The fourth-order valence-corrected chi connectivity index (χ4v) is 4.70. The third-order valence-electron chi connectivity index (χ3n) is 5.49. The zero-order valence-corrected chi connectivity index (χ0v) is 22.0. The lowest BCUT2D eigenvalue weighted by Gasteiger charge is -2.07. The first-order valence-electron chi connectivity index (χ1n) is 12.0. The second kappa shape index (κ2) is 13.4. The lowest BCUT2D eigenvalue weighted by atomic mass is 10.1. The van der Waals surface area contributed by atoms with Gasteiger partial charge in [-0.25, -0.2) is 19.6 Å². The summed E-state index contributed by atoms with van der Waals surface area (Å²) in [6.07, 6.45) is 7.41. The molecule has 3 aromatic heterocycles. The van der Waals surface area contributed by atoms with Gasteiger partial charge in [-0.2, -0.15) is 0 Å². The van der Waals surface area contributed by atoms with Crippen LogP contribution in [0.25, 0.3) is 16.9 Å². The summed E-state index contributed by atoms with van der Waals surface area (Å²) in [5.74, 6) is -1.65. The van der Waals surface area contributed by atoms with Crippen molar-refractivity contribution in [2.24, 2.45) is 0 Å². The number of aromatic nitrogens is 3. The van der Waals surface area contributed by atoms with Gasteiger partial charge >= 0.3 is 11.9 Å². The SMILES string of the molecule is CCCCCOc1cccn2c(Cc3nc(-c4ccccc4)c(C)s3)c(C)nc12.O=C(O)C=CC(=O)O. The molecule has 4 aromatic rings. The van der Waals surface area contributed by atoms with E-state index in [4.69, 9.17) is 24.9 Å². The second-order valence-corrected chi connectivity index (χ2v) is 9.62. The van der Waals surface area contributed by atoms with Gasteiger partial charge in [0.05, 0.1) is 28.7 Å². The van der Waals surface area contributed by atoms with Crippen LogP contribution in [0.5, 0.6) is 5.75 Å². The number of rotatable bonds is 10. The van der Waals surface area contributed by atoms with Crippen molar-refractivity contribution in [3.8, 4) is 17.0 Å². The van der Waals surface area contributed by atoms with Crippen LogP contribution in [0.1, 0.15) is 47.5 Å². The van der Waals surface area contributed by atoms with Crippen molar-refractivity contribution in [2.45, 2.75) is 46.5 Å². The summed E-state index contributed by atoms with van der Waals surface area (Å²) in [4.78, 5) is 30.1. The summed E-state index contributed by atoms with van der Waals surface area (Å²) in [7, 11) is 0. The number of carboxylic acids is 2. The minimum absolute atomic E-state index is 0.558. The summed E-state index contributed by atoms with van der Waals surface area (Å²) in [5, 5.41) is 16.7. The van der Waals surface area contributed by atoms with Gasteiger partial charge in [0, 0.05) is 35.2 Å². The predicted octanol–water partition coefficient (Wildman–Crippen LogP) is 5.95. The monoisotopic (exact) mass is 521 g/mol. The molecule has 0 saturated carbocycles. The van der Waals surface area contributed by atoms with Gasteiger partial charge in [-0.05, 0) is 32.4 Å². The zero-order chi connectivity index (χ0) is 26.8. The summed E-state index contributed by atoms with van der Waals surface area (Å²) < 4.78 is 8.18. The van der Waals surface area contributed by atoms with Gasteiger partial charge in [-0.15, -0.1) is 11.3 Å². The van der Waals surface area contributed by atoms with Gasteiger partial charge in [-0.1, -0.05) is 50.1 Å². The fraction of sp³-hybridized carbons (Fsp3) is 0.286. The molecule has 1 aromatic carbocycles. The van der Waals surface area contributed by atoms with Crippen molar-refractivity contribution in [2.75, 3.05) is 6.61 Å². The number of carboxylic acid groups (broad SMARTS) is 2. The number of aryl methyl sites for hydroxylation is 2. The highest BCUT2D eigenvalue weighted by atomic mass is 32.1. The maximum Gasteiger partial charge on any atom is 0.328 e. The molecule has 4 rings (SSSR count). The molecule has 0 amide bonds. The highest BCUT2D eigenvalue weighted by molar-refractivity contribution is 7.12. The number of pyridine rings is 1. The average Bonchev–Trinajstić information content (AvgIpc) is 3.41. The third-order valence-corrected chi connectivity index (χ3v) is 6.46. The average molecular weight is 522 g/mol. The Morgan fingerprint density at radius 1 is 1.00 bits per heavy atom. The van der Waals surface area contributed by atoms with Crippen molar-refractivity contribution in [1.82, 2.24) is 14.4 Å². The van der Waals surface area contributed by atoms with Gasteiger partial charge < -0.3 is 19.4 Å². The molecule has 0 unspecified atom stereocenters. The quantitative estimate of drug-likeness (QED) is 0.196. The molecule has 3 heterocycles. The van der Waals surface area contributed by atoms with E-state index in [0.29, 0.717) is 12.2 Å². The van der Waals surface area contributed by atoms with E-state index in [9.17, 15) is 9.59 Å². The normalized spacial score (nSPS) is 10.9. The number of thiazole rings is 1. The zero-order valence-electron chi connectivity index (χ0n) is 21.2. The number of imidazole rings is 1. The van der Waals surface area contributed by atoms with Crippen LogP contribution in [0, 0.1) is 13.8 Å². The Labute approximate surface area is 219 Å². The van der Waals surface area contributed by atoms with E-state index >= 15 is 0 Å². The van der Waals surface area contributed by atoms with Crippen LogP contribution in [0.3, 0.4) is 0 Å². The van der Waals surface area contributed by atoms with Crippen molar-refractivity contribution < 1.29 is 24.5 Å². The number of nitrogens with zero attached hydrogens (tertiary/aromatic N) is 3. The first-order valence-corrected chi connectivity index (χ1v) is 12.9. The van der Waals surface area contributed by atoms with E-state index in [1.165, 1.54) is 29.0 Å². The van der Waals surface area contributed by atoms with Crippen molar-refractivity contribution in [1.29, 1.82) is 0 Å². The molecule has 0 aliphatic heterocycles. The Morgan fingerprint density at radius 2 is 1.70 bits per heavy atom. The number of hydrogen-bond acceptors (Lipinski definition) is 6. The molecule has 0 spiro atoms. The van der Waals surface area contributed by atoms with Crippen molar-refractivity contribution >= 4 is 28.9 Å². The van der Waals surface area contributed by atoms with E-state index in [1.54, 1.807) is 11.3 Å². The minimum atomic E-state index is -1.26. The number of aliphatic carboxylic acids is 2. The molecule has 0 fully saturated rings. The van der Waals surface area contributed by atoms with Crippen LogP contribution in [-0.2, 0) is 16.0 Å². The molecule has 0 aliphatic carbocycles. The van der Waals surface area contributed by atoms with Gasteiger partial charge in [-0.3, -0.25) is 0 Å². The number of fused-ring (bicyclic) bond motifs is 1. The molecule has 2 N–H and O–H groups in total. The molecule has 0 aliphatic rings. The van der Waals surface area contributed by atoms with Crippen LogP contribution in [0.15, 0.2) is 60.8 Å². The molecule has 9 heteroatoms. The Hall–Kier alpha value is -3.98. The third kappa shape index (κ3) is 7.75. The number of unbranched alkanes of at least 4 members (excludes halogenated alkanes) is 2. The molecule has 0 radical (unpaired) electrons. The highest BCUT2D eigenvalue weighted by Crippen LogP contribution is 2.30. The highest BCUT2D eigenvalue weighted by Gasteiger charge is 2.16. The summed E-state index contributed by atoms with van der Waals surface area (Å²) >= 11 is 1.76. The van der Waals surface area contributed by atoms with E-state index in [1.807, 2.05) is 18.2 Å². The standard InChI is InChI=1S/C24H27N3OS.C4H4O4/c1-4-5-9-15-28-21-13-10-14-27-20(17(2)25-24(21)27)16-22-26-23(18(3)29-22)19-11-7-6-8-12-19;5-3(6)1-2-4(7)8/h6-8,10-14H,4-5,9,15-16H2,1-3H3;1-2H,(H,5,6)(H,7,8). The van der Waals surface area contributed by atoms with Gasteiger partial charge in [0.2, 0.25) is 0 Å². The van der Waals surface area contributed by atoms with Crippen LogP contribution in [0.2, 0.25) is 0 Å². The maximum absolute atomic E-state index is 9.55. The topological polar surface area (TPSA) is 114 Å². The van der Waals surface area contributed by atoms with E-state index in [-0.39, 0.29) is 0 Å². The Kier molecular flexibility index (Phi) is 9.97. The summed E-state index contributed by atoms with van der Waals surface area (Å²) in [5.41, 5.74) is 5.35. The van der Waals surface area contributed by atoms with E-state index in [2.05, 4.69) is 55.6 Å². The molecule has 0 saturated heterocycles. The summed E-state index contributed by atoms with van der Waals surface area (Å²) in [6, 6.07) is 14.4. The largest absolute Gasteiger partial charge is 0.490 e. The molecular weight excluding hydrogens is 490 g/mol. The predicted molar refractivity (Wildman–Crippen MR) is 144 cm³/mol. The van der Waals surface area contributed by atoms with Gasteiger partial charge in [0.15, 0.2) is 11.4 Å². The Bertz CT molecular complexity index is 1360. The smallest absolute Gasteiger partial charge is 0.328 e. The lowest BCUT2D eigenvalue weighted by molar-refractivity contribution is -0.134. The van der Waals surface area contributed by atoms with Gasteiger partial charge in [0.25, 0.3) is 0 Å². The first kappa shape index (κ1) is 27.6. The lowest BCUT2D eigenvalue weighted by Crippen LogP contribution is -2.00. The molecule has 8 nitrogen and oxygen atoms in total. The molecule has 0 bridgehead atoms.